The van der Waals surface area contributed by atoms with Gasteiger partial charge in [-0.25, -0.2) is 9.78 Å². The van der Waals surface area contributed by atoms with Crippen LogP contribution < -0.4 is 5.32 Å². The van der Waals surface area contributed by atoms with Gasteiger partial charge >= 0.3 is 6.09 Å². The number of nitrogens with one attached hydrogen (secondary N) is 1. The predicted octanol–water partition coefficient (Wildman–Crippen LogP) is 2.69. The van der Waals surface area contributed by atoms with Crippen LogP contribution in [-0.4, -0.2) is 27.1 Å². The van der Waals surface area contributed by atoms with Gasteiger partial charge in [-0.1, -0.05) is 6.07 Å². The molecule has 0 aliphatic rings. The Labute approximate surface area is 125 Å². The van der Waals surface area contributed by atoms with Gasteiger partial charge in [0.1, 0.15) is 6.61 Å². The molecule has 7 nitrogen and oxygen atoms in total. The van der Waals surface area contributed by atoms with Crippen molar-refractivity contribution in [2.75, 3.05) is 5.32 Å². The van der Waals surface area contributed by atoms with Crippen LogP contribution in [0.15, 0.2) is 29.9 Å². The summed E-state index contributed by atoms with van der Waals surface area (Å²) in [6, 6.07) is 3.63. The molecule has 0 aliphatic carbocycles. The Morgan fingerprint density at radius 2 is 2.19 bits per heavy atom. The summed E-state index contributed by atoms with van der Waals surface area (Å²) in [5, 5.41) is 12.4. The molecule has 0 radical (unpaired) electrons. The van der Waals surface area contributed by atoms with Crippen LogP contribution in [0.1, 0.15) is 18.2 Å². The van der Waals surface area contributed by atoms with Crippen LogP contribution in [0, 0.1) is 6.92 Å². The van der Waals surface area contributed by atoms with Crippen molar-refractivity contribution in [2.45, 2.75) is 20.5 Å². The summed E-state index contributed by atoms with van der Waals surface area (Å²) >= 11 is 1.36. The highest BCUT2D eigenvalue weighted by molar-refractivity contribution is 7.13. The summed E-state index contributed by atoms with van der Waals surface area (Å²) in [5.41, 5.74) is 1.72. The number of aryl methyl sites for hydroxylation is 1. The maximum atomic E-state index is 11.4. The molecule has 2 aromatic heterocycles. The first-order valence-corrected chi connectivity index (χ1v) is 6.79. The number of amides is 1. The molecule has 0 spiro atoms. The predicted molar refractivity (Wildman–Crippen MR) is 78.2 cm³/mol. The van der Waals surface area contributed by atoms with E-state index in [2.05, 4.69) is 15.3 Å². The average molecular weight is 309 g/mol. The normalized spacial score (nSPS) is 9.24. The van der Waals surface area contributed by atoms with E-state index in [1.807, 2.05) is 18.4 Å². The van der Waals surface area contributed by atoms with E-state index >= 15 is 0 Å². The van der Waals surface area contributed by atoms with Gasteiger partial charge in [-0.05, 0) is 13.0 Å². The Morgan fingerprint density at radius 3 is 2.71 bits per heavy atom. The lowest BCUT2D eigenvalue weighted by Crippen LogP contribution is -2.13. The number of hydrogen-bond acceptors (Lipinski definition) is 6. The van der Waals surface area contributed by atoms with Crippen molar-refractivity contribution in [2.24, 2.45) is 0 Å². The third-order valence-corrected chi connectivity index (χ3v) is 2.80. The van der Waals surface area contributed by atoms with E-state index in [0.717, 1.165) is 18.2 Å². The lowest BCUT2D eigenvalue weighted by molar-refractivity contribution is -0.134. The highest BCUT2D eigenvalue weighted by Gasteiger charge is 2.06. The molecule has 0 atom stereocenters. The number of carbonyl (C=O) groups excluding carboxylic acids is 1. The fraction of sp³-hybridized carbons (Fsp3) is 0.231. The van der Waals surface area contributed by atoms with Crippen LogP contribution in [0.4, 0.5) is 9.93 Å². The molecule has 0 aromatic carbocycles. The lowest BCUT2D eigenvalue weighted by Gasteiger charge is -2.04. The maximum Gasteiger partial charge on any atom is 0.413 e. The second-order valence-corrected chi connectivity index (χ2v) is 4.73. The van der Waals surface area contributed by atoms with Crippen molar-refractivity contribution < 1.29 is 19.4 Å². The van der Waals surface area contributed by atoms with Crippen molar-refractivity contribution >= 4 is 28.5 Å². The number of ether oxygens (including phenoxy) is 1. The van der Waals surface area contributed by atoms with Crippen LogP contribution >= 0.6 is 11.3 Å². The second-order valence-electron chi connectivity index (χ2n) is 3.88. The number of aliphatic carboxylic acids is 1. The first-order valence-electron chi connectivity index (χ1n) is 5.91. The Bertz CT molecular complexity index is 582. The van der Waals surface area contributed by atoms with Gasteiger partial charge < -0.3 is 9.84 Å². The van der Waals surface area contributed by atoms with Gasteiger partial charge in [0.25, 0.3) is 5.97 Å². The maximum absolute atomic E-state index is 11.4. The summed E-state index contributed by atoms with van der Waals surface area (Å²) in [6.45, 7) is 3.15. The zero-order chi connectivity index (χ0) is 15.7. The monoisotopic (exact) mass is 309 g/mol. The molecule has 0 fully saturated rings. The quantitative estimate of drug-likeness (QED) is 0.904. The van der Waals surface area contributed by atoms with Gasteiger partial charge in [0.05, 0.1) is 5.69 Å². The molecule has 2 aromatic rings. The zero-order valence-electron chi connectivity index (χ0n) is 11.6. The molecule has 0 bridgehead atoms. The minimum absolute atomic E-state index is 0.198. The number of pyridine rings is 1. The van der Waals surface area contributed by atoms with E-state index < -0.39 is 12.1 Å². The standard InChI is InChI=1S/C11H11N3O2S.C2H4O2/c1-8-7-17-10(13-8)14-11(15)16-6-9-3-2-4-12-5-9;1-2(3)4/h2-5,7H,6H2,1H3,(H,13,14,15);1H3,(H,3,4). The van der Waals surface area contributed by atoms with Crippen molar-refractivity contribution in [3.63, 3.8) is 0 Å². The van der Waals surface area contributed by atoms with Crippen LogP contribution in [0.5, 0.6) is 0 Å². The number of carbonyl (C=O) groups is 2. The Morgan fingerprint density at radius 1 is 1.48 bits per heavy atom. The molecule has 2 rings (SSSR count). The van der Waals surface area contributed by atoms with Gasteiger partial charge in [-0.15, -0.1) is 11.3 Å². The molecular weight excluding hydrogens is 294 g/mol. The number of hydrogen-bond donors (Lipinski definition) is 2. The largest absolute Gasteiger partial charge is 0.481 e. The Hall–Kier alpha value is -2.48. The zero-order valence-corrected chi connectivity index (χ0v) is 12.4. The molecule has 1 amide bonds. The number of carboxylic acid groups (broad SMARTS) is 1. The molecule has 2 N–H and O–H groups in total. The van der Waals surface area contributed by atoms with Crippen LogP contribution in [0.2, 0.25) is 0 Å². The molecule has 0 aliphatic heterocycles. The van der Waals surface area contributed by atoms with E-state index in [1.54, 1.807) is 18.5 Å². The number of aromatic nitrogens is 2. The van der Waals surface area contributed by atoms with Crippen molar-refractivity contribution in [3.8, 4) is 0 Å². The first-order chi connectivity index (χ1) is 9.97. The fourth-order valence-corrected chi connectivity index (χ4v) is 1.84. The SMILES string of the molecule is CC(=O)O.Cc1csc(NC(=O)OCc2cccnc2)n1. The second kappa shape index (κ2) is 8.64. The molecular formula is C13H15N3O4S. The number of nitrogens with zero attached hydrogens (tertiary/aromatic N) is 2. The minimum atomic E-state index is -0.833. The fourth-order valence-electron chi connectivity index (χ4n) is 1.17. The minimum Gasteiger partial charge on any atom is -0.481 e. The molecule has 8 heteroatoms. The van der Waals surface area contributed by atoms with Gasteiger partial charge in [0.15, 0.2) is 5.13 Å². The van der Waals surface area contributed by atoms with Gasteiger partial charge in [0.2, 0.25) is 0 Å². The van der Waals surface area contributed by atoms with Crippen LogP contribution in [0.25, 0.3) is 0 Å². The average Bonchev–Trinajstić information content (AvgIpc) is 2.82. The number of anilines is 1. The highest BCUT2D eigenvalue weighted by atomic mass is 32.1. The molecule has 21 heavy (non-hydrogen) atoms. The Kier molecular flexibility index (Phi) is 6.82. The Balaban J connectivity index is 0.000000491. The number of thiazole rings is 1. The summed E-state index contributed by atoms with van der Waals surface area (Å²) in [6.07, 6.45) is 2.81. The van der Waals surface area contributed by atoms with E-state index in [4.69, 9.17) is 14.6 Å². The van der Waals surface area contributed by atoms with E-state index in [-0.39, 0.29) is 6.61 Å². The lowest BCUT2D eigenvalue weighted by atomic mass is 10.3. The highest BCUT2D eigenvalue weighted by Crippen LogP contribution is 2.14. The third kappa shape index (κ3) is 7.63. The van der Waals surface area contributed by atoms with Gasteiger partial charge in [0, 0.05) is 30.3 Å². The first kappa shape index (κ1) is 16.6. The topological polar surface area (TPSA) is 101 Å². The van der Waals surface area contributed by atoms with Crippen molar-refractivity contribution in [1.29, 1.82) is 0 Å². The van der Waals surface area contributed by atoms with E-state index in [0.29, 0.717) is 5.13 Å². The molecule has 0 saturated carbocycles. The van der Waals surface area contributed by atoms with Gasteiger partial charge in [-0.3, -0.25) is 15.1 Å². The molecule has 2 heterocycles. The summed E-state index contributed by atoms with van der Waals surface area (Å²) in [5.74, 6) is -0.833. The summed E-state index contributed by atoms with van der Waals surface area (Å²) in [7, 11) is 0. The van der Waals surface area contributed by atoms with Gasteiger partial charge in [-0.2, -0.15) is 0 Å². The number of carboxylic acids is 1. The van der Waals surface area contributed by atoms with Crippen LogP contribution in [-0.2, 0) is 16.1 Å². The third-order valence-electron chi connectivity index (χ3n) is 1.92. The molecule has 0 unspecified atom stereocenters. The summed E-state index contributed by atoms with van der Waals surface area (Å²) in [4.78, 5) is 28.4. The molecule has 112 valence electrons. The smallest absolute Gasteiger partial charge is 0.413 e. The molecule has 0 saturated heterocycles. The van der Waals surface area contributed by atoms with E-state index in [9.17, 15) is 4.79 Å². The van der Waals surface area contributed by atoms with Crippen molar-refractivity contribution in [3.05, 3.63) is 41.2 Å². The number of rotatable bonds is 3. The summed E-state index contributed by atoms with van der Waals surface area (Å²) < 4.78 is 5.02. The van der Waals surface area contributed by atoms with Crippen LogP contribution in [0.3, 0.4) is 0 Å². The van der Waals surface area contributed by atoms with E-state index in [1.165, 1.54) is 11.3 Å². The van der Waals surface area contributed by atoms with Crippen molar-refractivity contribution in [1.82, 2.24) is 9.97 Å².